The molecule has 1 aliphatic heterocycles. The molecule has 3 N–H and O–H groups in total. The molecule has 1 aromatic carbocycles. The number of H-pyrrole nitrogens is 2. The second kappa shape index (κ2) is 12.3. The number of piperidine rings is 1. The highest BCUT2D eigenvalue weighted by Gasteiger charge is 2.22. The van der Waals surface area contributed by atoms with Crippen molar-refractivity contribution in [3.05, 3.63) is 72.3 Å². The lowest BCUT2D eigenvalue weighted by Gasteiger charge is -2.26. The van der Waals surface area contributed by atoms with Gasteiger partial charge in [-0.15, -0.1) is 0 Å². The number of likely N-dealkylation sites (N-methyl/N-ethyl adjacent to an activating group) is 1. The van der Waals surface area contributed by atoms with Crippen LogP contribution in [-0.4, -0.2) is 85.2 Å². The van der Waals surface area contributed by atoms with Crippen molar-refractivity contribution in [2.24, 2.45) is 0 Å². The molecule has 0 saturated carbocycles. The molecule has 0 spiro atoms. The summed E-state index contributed by atoms with van der Waals surface area (Å²) in [5, 5.41) is 10.7. The molecule has 5 aromatic heterocycles. The highest BCUT2D eigenvalue weighted by atomic mass is 19.1. The van der Waals surface area contributed by atoms with E-state index in [9.17, 15) is 4.39 Å². The maximum absolute atomic E-state index is 16.3. The van der Waals surface area contributed by atoms with Gasteiger partial charge in [-0.25, -0.2) is 23.7 Å². The fraction of sp³-hybridized carbons (Fsp3) is 0.303. The normalized spacial score (nSPS) is 14.2. The molecule has 0 atom stereocenters. The summed E-state index contributed by atoms with van der Waals surface area (Å²) < 4.78 is 31.0. The highest BCUT2D eigenvalue weighted by molar-refractivity contribution is 5.96. The molecule has 10 nitrogen and oxygen atoms in total. The van der Waals surface area contributed by atoms with Crippen molar-refractivity contribution in [1.29, 1.82) is 0 Å². The minimum absolute atomic E-state index is 0.215. The summed E-state index contributed by atoms with van der Waals surface area (Å²) in [6.45, 7) is 4.38. The maximum Gasteiger partial charge on any atom is 0.184 e. The van der Waals surface area contributed by atoms with Crippen molar-refractivity contribution in [3.8, 4) is 33.8 Å². The van der Waals surface area contributed by atoms with Gasteiger partial charge < -0.3 is 15.2 Å². The molecule has 0 aliphatic carbocycles. The van der Waals surface area contributed by atoms with Gasteiger partial charge in [0.15, 0.2) is 17.1 Å². The zero-order valence-electron chi connectivity index (χ0n) is 25.2. The average Bonchev–Trinajstić information content (AvgIpc) is 3.66. The number of fused-ring (bicyclic) bond motifs is 2. The Bertz CT molecular complexity index is 1980. The second-order valence-corrected chi connectivity index (χ2v) is 11.8. The van der Waals surface area contributed by atoms with Gasteiger partial charge in [0.05, 0.1) is 10.9 Å². The van der Waals surface area contributed by atoms with Crippen LogP contribution < -0.4 is 5.32 Å². The summed E-state index contributed by atoms with van der Waals surface area (Å²) in [6.07, 6.45) is 10.3. The Morgan fingerprint density at radius 2 is 1.80 bits per heavy atom. The first-order valence-corrected chi connectivity index (χ1v) is 15.2. The summed E-state index contributed by atoms with van der Waals surface area (Å²) in [7, 11) is 3.97. The number of rotatable bonds is 9. The maximum atomic E-state index is 16.3. The third-order valence-corrected chi connectivity index (χ3v) is 8.21. The molecule has 45 heavy (non-hydrogen) atoms. The van der Waals surface area contributed by atoms with Gasteiger partial charge in [-0.05, 0) is 81.5 Å². The number of halogens is 2. The number of nitrogens with one attached hydrogen (secondary N) is 3. The van der Waals surface area contributed by atoms with Crippen LogP contribution in [0.25, 0.3) is 56.0 Å². The number of aromatic nitrogens is 7. The monoisotopic (exact) mass is 608 g/mol. The summed E-state index contributed by atoms with van der Waals surface area (Å²) in [6, 6.07) is 8.62. The third kappa shape index (κ3) is 5.98. The fourth-order valence-electron chi connectivity index (χ4n) is 5.96. The molecule has 1 aliphatic rings. The van der Waals surface area contributed by atoms with Crippen molar-refractivity contribution in [3.63, 3.8) is 0 Å². The number of aromatic amines is 2. The number of nitrogens with zero attached hydrogens (tertiary/aromatic N) is 7. The van der Waals surface area contributed by atoms with E-state index in [-0.39, 0.29) is 16.9 Å². The predicted molar refractivity (Wildman–Crippen MR) is 172 cm³/mol. The predicted octanol–water partition coefficient (Wildman–Crippen LogP) is 5.86. The van der Waals surface area contributed by atoms with Gasteiger partial charge in [0, 0.05) is 66.8 Å². The van der Waals surface area contributed by atoms with E-state index in [0.29, 0.717) is 57.2 Å². The van der Waals surface area contributed by atoms with E-state index < -0.39 is 5.82 Å². The lowest BCUT2D eigenvalue weighted by molar-refractivity contribution is 0.220. The van der Waals surface area contributed by atoms with Gasteiger partial charge in [0.2, 0.25) is 0 Å². The number of pyridine rings is 3. The lowest BCUT2D eigenvalue weighted by atomic mass is 10.0. The van der Waals surface area contributed by atoms with E-state index in [4.69, 9.17) is 0 Å². The third-order valence-electron chi connectivity index (χ3n) is 8.21. The molecule has 12 heteroatoms. The average molecular weight is 609 g/mol. The Hall–Kier alpha value is -4.81. The van der Waals surface area contributed by atoms with Crippen LogP contribution in [0.1, 0.15) is 24.8 Å². The highest BCUT2D eigenvalue weighted by Crippen LogP contribution is 2.35. The number of anilines is 1. The minimum atomic E-state index is -0.465. The molecular formula is C33H34F2N10. The SMILES string of the molecule is CN(C)CCNc1cc(F)cc(-c2ccnc3nc(-c4[nH]nc5ncc(-c6cncc(CN7CCCCC7)c6)c(F)c45)[nH]c23)c1. The number of imidazole rings is 1. The summed E-state index contributed by atoms with van der Waals surface area (Å²) in [4.78, 5) is 25.7. The van der Waals surface area contributed by atoms with E-state index in [0.717, 1.165) is 31.7 Å². The first kappa shape index (κ1) is 28.9. The molecule has 230 valence electrons. The van der Waals surface area contributed by atoms with Crippen LogP contribution in [0.4, 0.5) is 14.5 Å². The molecular weight excluding hydrogens is 574 g/mol. The minimum Gasteiger partial charge on any atom is -0.384 e. The number of benzene rings is 1. The van der Waals surface area contributed by atoms with E-state index in [1.165, 1.54) is 37.6 Å². The van der Waals surface area contributed by atoms with E-state index >= 15 is 4.39 Å². The van der Waals surface area contributed by atoms with Crippen molar-refractivity contribution in [2.75, 3.05) is 45.6 Å². The van der Waals surface area contributed by atoms with E-state index in [2.05, 4.69) is 50.2 Å². The van der Waals surface area contributed by atoms with Gasteiger partial charge in [0.25, 0.3) is 0 Å². The second-order valence-electron chi connectivity index (χ2n) is 11.8. The molecule has 0 bridgehead atoms. The largest absolute Gasteiger partial charge is 0.384 e. The van der Waals surface area contributed by atoms with Gasteiger partial charge in [0.1, 0.15) is 17.3 Å². The Kier molecular flexibility index (Phi) is 7.90. The molecule has 0 unspecified atom stereocenters. The first-order valence-electron chi connectivity index (χ1n) is 15.2. The van der Waals surface area contributed by atoms with Crippen LogP contribution in [-0.2, 0) is 6.54 Å². The van der Waals surface area contributed by atoms with Crippen LogP contribution in [0.3, 0.4) is 0 Å². The Morgan fingerprint density at radius 3 is 2.64 bits per heavy atom. The van der Waals surface area contributed by atoms with Crippen molar-refractivity contribution in [2.45, 2.75) is 25.8 Å². The van der Waals surface area contributed by atoms with E-state index in [1.54, 1.807) is 18.5 Å². The molecule has 6 aromatic rings. The van der Waals surface area contributed by atoms with Crippen molar-refractivity contribution < 1.29 is 8.78 Å². The Morgan fingerprint density at radius 1 is 0.933 bits per heavy atom. The van der Waals surface area contributed by atoms with E-state index in [1.807, 2.05) is 32.4 Å². The molecule has 7 rings (SSSR count). The molecule has 0 amide bonds. The first-order chi connectivity index (χ1) is 21.9. The van der Waals surface area contributed by atoms with Crippen LogP contribution in [0.2, 0.25) is 0 Å². The number of hydrogen-bond donors (Lipinski definition) is 3. The van der Waals surface area contributed by atoms with Gasteiger partial charge in [-0.3, -0.25) is 15.0 Å². The molecule has 6 heterocycles. The molecule has 1 saturated heterocycles. The fourth-order valence-corrected chi connectivity index (χ4v) is 5.96. The zero-order valence-corrected chi connectivity index (χ0v) is 25.2. The summed E-state index contributed by atoms with van der Waals surface area (Å²) in [5.74, 6) is -0.477. The molecule has 0 radical (unpaired) electrons. The Balaban J connectivity index is 1.24. The van der Waals surface area contributed by atoms with Crippen LogP contribution >= 0.6 is 0 Å². The van der Waals surface area contributed by atoms with Gasteiger partial charge in [-0.2, -0.15) is 5.10 Å². The lowest BCUT2D eigenvalue weighted by Crippen LogP contribution is -2.29. The standard InChI is InChI=1S/C33H34F2N10/c1-44(2)11-8-37-24-14-21(13-23(34)15-24)25-6-7-38-32-29(25)40-33(41-32)30-27-28(35)26(18-39-31(27)43-42-30)22-12-20(16-36-17-22)19-45-9-4-3-5-10-45/h6-7,12-18,37H,3-5,8-11,19H2,1-2H3,(H,38,40,41)(H,39,42,43). The van der Waals surface area contributed by atoms with Crippen molar-refractivity contribution in [1.82, 2.24) is 44.9 Å². The number of hydrogen-bond acceptors (Lipinski definition) is 8. The van der Waals surface area contributed by atoms with Crippen molar-refractivity contribution >= 4 is 27.9 Å². The van der Waals surface area contributed by atoms with Crippen LogP contribution in [0.5, 0.6) is 0 Å². The topological polar surface area (TPSA) is 115 Å². The van der Waals surface area contributed by atoms with Crippen LogP contribution in [0.15, 0.2) is 55.1 Å². The summed E-state index contributed by atoms with van der Waals surface area (Å²) >= 11 is 0. The zero-order chi connectivity index (χ0) is 30.9. The Labute approximate surface area is 258 Å². The number of likely N-dealkylation sites (tertiary alicyclic amines) is 1. The summed E-state index contributed by atoms with van der Waals surface area (Å²) in [5.41, 5.74) is 5.66. The van der Waals surface area contributed by atoms with Gasteiger partial charge >= 0.3 is 0 Å². The molecule has 1 fully saturated rings. The van der Waals surface area contributed by atoms with Gasteiger partial charge in [-0.1, -0.05) is 6.42 Å². The smallest absolute Gasteiger partial charge is 0.184 e. The van der Waals surface area contributed by atoms with Crippen LogP contribution in [0, 0.1) is 11.6 Å². The quantitative estimate of drug-likeness (QED) is 0.187.